The minimum absolute atomic E-state index is 0.0361. The molecule has 1 aliphatic carbocycles. The summed E-state index contributed by atoms with van der Waals surface area (Å²) in [6.07, 6.45) is 2.48. The minimum Gasteiger partial charge on any atom is -0.382 e. The van der Waals surface area contributed by atoms with Crippen LogP contribution in [-0.4, -0.2) is 41.9 Å². The zero-order chi connectivity index (χ0) is 14.1. The monoisotopic (exact) mass is 295 g/mol. The van der Waals surface area contributed by atoms with Gasteiger partial charge in [-0.25, -0.2) is 0 Å². The van der Waals surface area contributed by atoms with Gasteiger partial charge in [0.1, 0.15) is 10.6 Å². The van der Waals surface area contributed by atoms with E-state index >= 15 is 0 Å². The van der Waals surface area contributed by atoms with Crippen LogP contribution in [0.25, 0.3) is 0 Å². The van der Waals surface area contributed by atoms with Gasteiger partial charge in [0.05, 0.1) is 0 Å². The number of nitrogens with zero attached hydrogens (tertiary/aromatic N) is 2. The van der Waals surface area contributed by atoms with Crippen LogP contribution >= 0.6 is 11.5 Å². The number of nitrogen functional groups attached to an aromatic ring is 1. The van der Waals surface area contributed by atoms with Gasteiger partial charge in [0.25, 0.3) is 5.91 Å². The van der Waals surface area contributed by atoms with E-state index in [0.717, 1.165) is 17.8 Å². The van der Waals surface area contributed by atoms with Gasteiger partial charge in [0.15, 0.2) is 5.82 Å². The van der Waals surface area contributed by atoms with Gasteiger partial charge in [-0.15, -0.1) is 0 Å². The maximum Gasteiger partial charge on any atom is 0.258 e. The van der Waals surface area contributed by atoms with Crippen molar-refractivity contribution in [3.63, 3.8) is 0 Å². The van der Waals surface area contributed by atoms with E-state index in [1.54, 1.807) is 0 Å². The van der Waals surface area contributed by atoms with Gasteiger partial charge in [0.2, 0.25) is 5.91 Å². The average Bonchev–Trinajstić information content (AvgIpc) is 3.17. The molecule has 2 aliphatic rings. The molecule has 0 radical (unpaired) electrons. The number of aromatic nitrogens is 1. The third-order valence-electron chi connectivity index (χ3n) is 3.44. The minimum atomic E-state index is -0.155. The van der Waals surface area contributed by atoms with Crippen LogP contribution in [0.3, 0.4) is 0 Å². The first-order valence-corrected chi connectivity index (χ1v) is 7.50. The van der Waals surface area contributed by atoms with Crippen molar-refractivity contribution >= 4 is 34.2 Å². The lowest BCUT2D eigenvalue weighted by Gasteiger charge is -2.20. The molecule has 2 fully saturated rings. The van der Waals surface area contributed by atoms with Gasteiger partial charge in [-0.05, 0) is 24.4 Å². The van der Waals surface area contributed by atoms with Crippen LogP contribution in [-0.2, 0) is 4.79 Å². The number of nitrogens with one attached hydrogen (secondary N) is 2. The highest BCUT2D eigenvalue weighted by atomic mass is 32.1. The lowest BCUT2D eigenvalue weighted by atomic mass is 10.2. The number of carbonyl (C=O) groups is 2. The van der Waals surface area contributed by atoms with Crippen molar-refractivity contribution in [2.24, 2.45) is 0 Å². The lowest BCUT2D eigenvalue weighted by Crippen LogP contribution is -2.31. The van der Waals surface area contributed by atoms with Crippen molar-refractivity contribution in [1.29, 1.82) is 0 Å². The molecule has 0 unspecified atom stereocenters. The second kappa shape index (κ2) is 5.28. The Morgan fingerprint density at radius 1 is 1.45 bits per heavy atom. The quantitative estimate of drug-likeness (QED) is 0.725. The van der Waals surface area contributed by atoms with Crippen molar-refractivity contribution < 1.29 is 9.59 Å². The van der Waals surface area contributed by atoms with E-state index in [9.17, 15) is 9.59 Å². The van der Waals surface area contributed by atoms with Gasteiger partial charge < -0.3 is 21.3 Å². The number of amides is 2. The summed E-state index contributed by atoms with van der Waals surface area (Å²) in [6, 6.07) is 0.280. The highest BCUT2D eigenvalue weighted by Crippen LogP contribution is 2.32. The van der Waals surface area contributed by atoms with Crippen LogP contribution in [0.15, 0.2) is 0 Å². The highest BCUT2D eigenvalue weighted by molar-refractivity contribution is 7.11. The van der Waals surface area contributed by atoms with Gasteiger partial charge in [-0.2, -0.15) is 4.37 Å². The molecular weight excluding hydrogens is 278 g/mol. The Morgan fingerprint density at radius 2 is 2.25 bits per heavy atom. The number of hydrogen-bond acceptors (Lipinski definition) is 6. The molecule has 1 aromatic rings. The predicted octanol–water partition coefficient (Wildman–Crippen LogP) is -0.0562. The van der Waals surface area contributed by atoms with Crippen LogP contribution in [0.1, 0.15) is 29.6 Å². The zero-order valence-electron chi connectivity index (χ0n) is 11.0. The molecule has 0 aromatic carbocycles. The largest absolute Gasteiger partial charge is 0.382 e. The van der Waals surface area contributed by atoms with Crippen LogP contribution in [0.4, 0.5) is 10.8 Å². The molecule has 1 saturated heterocycles. The zero-order valence-corrected chi connectivity index (χ0v) is 11.8. The fraction of sp³-hybridized carbons (Fsp3) is 0.583. The smallest absolute Gasteiger partial charge is 0.258 e. The Kier molecular flexibility index (Phi) is 3.47. The Labute approximate surface area is 120 Å². The summed E-state index contributed by atoms with van der Waals surface area (Å²) >= 11 is 1.22. The maximum absolute atomic E-state index is 12.3. The molecule has 1 saturated carbocycles. The van der Waals surface area contributed by atoms with Gasteiger partial charge in [0, 0.05) is 32.1 Å². The Bertz CT molecular complexity index is 540. The summed E-state index contributed by atoms with van der Waals surface area (Å²) in [6.45, 7) is 1.81. The standard InChI is InChI=1S/C12H17N5O2S/c13-10-9(11(19)15-7-1-2-7)12(20-16-10)17-5-3-8(18)14-4-6-17/h7H,1-6H2,(H2,13,16)(H,14,18)(H,15,19). The van der Waals surface area contributed by atoms with Gasteiger partial charge in [-0.3, -0.25) is 9.59 Å². The van der Waals surface area contributed by atoms with E-state index in [0.29, 0.717) is 31.6 Å². The molecule has 0 atom stereocenters. The first-order chi connectivity index (χ1) is 9.65. The SMILES string of the molecule is Nc1nsc(N2CCNC(=O)CC2)c1C(=O)NC1CC1. The molecule has 2 heterocycles. The average molecular weight is 295 g/mol. The molecule has 3 rings (SSSR count). The first kappa shape index (κ1) is 13.2. The second-order valence-electron chi connectivity index (χ2n) is 5.08. The van der Waals surface area contributed by atoms with Crippen LogP contribution in [0.5, 0.6) is 0 Å². The third kappa shape index (κ3) is 2.69. The molecule has 108 valence electrons. The van der Waals surface area contributed by atoms with E-state index in [2.05, 4.69) is 15.0 Å². The summed E-state index contributed by atoms with van der Waals surface area (Å²) in [4.78, 5) is 25.6. The summed E-state index contributed by atoms with van der Waals surface area (Å²) in [5.41, 5.74) is 6.30. The highest BCUT2D eigenvalue weighted by Gasteiger charge is 2.29. The van der Waals surface area contributed by atoms with E-state index in [1.165, 1.54) is 11.5 Å². The second-order valence-corrected chi connectivity index (χ2v) is 5.83. The summed E-state index contributed by atoms with van der Waals surface area (Å²) < 4.78 is 4.10. The van der Waals surface area contributed by atoms with Gasteiger partial charge in [-0.1, -0.05) is 0 Å². The Morgan fingerprint density at radius 3 is 3.00 bits per heavy atom. The third-order valence-corrected chi connectivity index (χ3v) is 4.36. The molecule has 0 bridgehead atoms. The van der Waals surface area contributed by atoms with Gasteiger partial charge >= 0.3 is 0 Å². The van der Waals surface area contributed by atoms with Crippen LogP contribution < -0.4 is 21.3 Å². The normalized spacial score (nSPS) is 19.4. The maximum atomic E-state index is 12.3. The number of anilines is 2. The number of rotatable bonds is 3. The van der Waals surface area contributed by atoms with Crippen molar-refractivity contribution in [3.8, 4) is 0 Å². The molecule has 8 heteroatoms. The molecule has 7 nitrogen and oxygen atoms in total. The molecular formula is C12H17N5O2S. The molecule has 1 aromatic heterocycles. The first-order valence-electron chi connectivity index (χ1n) is 6.73. The summed E-state index contributed by atoms with van der Waals surface area (Å²) in [5, 5.41) is 6.51. The molecule has 0 spiro atoms. The Hall–Kier alpha value is -1.83. The Balaban J connectivity index is 1.81. The molecule has 4 N–H and O–H groups in total. The number of carbonyl (C=O) groups excluding carboxylic acids is 2. The fourth-order valence-electron chi connectivity index (χ4n) is 2.18. The summed E-state index contributed by atoms with van der Waals surface area (Å²) in [5.74, 6) is 0.151. The lowest BCUT2D eigenvalue weighted by molar-refractivity contribution is -0.120. The topological polar surface area (TPSA) is 100 Å². The molecule has 1 aliphatic heterocycles. The number of hydrogen-bond donors (Lipinski definition) is 3. The summed E-state index contributed by atoms with van der Waals surface area (Å²) in [7, 11) is 0. The van der Waals surface area contributed by atoms with E-state index < -0.39 is 0 Å². The fourth-order valence-corrected chi connectivity index (χ4v) is 3.04. The molecule has 20 heavy (non-hydrogen) atoms. The van der Waals surface area contributed by atoms with Crippen molar-refractivity contribution in [2.75, 3.05) is 30.3 Å². The van der Waals surface area contributed by atoms with Crippen molar-refractivity contribution in [3.05, 3.63) is 5.56 Å². The van der Waals surface area contributed by atoms with Crippen molar-refractivity contribution in [1.82, 2.24) is 15.0 Å². The van der Waals surface area contributed by atoms with E-state index in [4.69, 9.17) is 5.73 Å². The van der Waals surface area contributed by atoms with Crippen LogP contribution in [0.2, 0.25) is 0 Å². The van der Waals surface area contributed by atoms with Crippen molar-refractivity contribution in [2.45, 2.75) is 25.3 Å². The van der Waals surface area contributed by atoms with Crippen LogP contribution in [0, 0.1) is 0 Å². The van der Waals surface area contributed by atoms with E-state index in [-0.39, 0.29) is 23.7 Å². The molecule has 2 amide bonds. The van der Waals surface area contributed by atoms with E-state index in [1.807, 2.05) is 4.90 Å². The number of nitrogens with two attached hydrogens (primary N) is 1. The predicted molar refractivity (Wildman–Crippen MR) is 76.9 cm³/mol.